The van der Waals surface area contributed by atoms with Gasteiger partial charge in [0.25, 0.3) is 5.69 Å². The molecule has 0 radical (unpaired) electrons. The van der Waals surface area contributed by atoms with Gasteiger partial charge in [-0.05, 0) is 23.8 Å². The second-order valence-electron chi connectivity index (χ2n) is 4.96. The Morgan fingerprint density at radius 3 is 2.20 bits per heavy atom. The first-order valence-electron chi connectivity index (χ1n) is 7.27. The summed E-state index contributed by atoms with van der Waals surface area (Å²) in [5.74, 6) is 1.03. The van der Waals surface area contributed by atoms with E-state index in [1.165, 1.54) is 51.7 Å². The van der Waals surface area contributed by atoms with E-state index in [0.717, 1.165) is 0 Å². The largest absolute Gasteiger partial charge is 0.493 e. The molecule has 0 unspecified atom stereocenters. The van der Waals surface area contributed by atoms with Gasteiger partial charge in [-0.3, -0.25) is 14.9 Å². The molecule has 0 saturated heterocycles. The smallest absolute Gasteiger partial charge is 0.270 e. The molecule has 0 aliphatic heterocycles. The Kier molecular flexibility index (Phi) is 5.73. The summed E-state index contributed by atoms with van der Waals surface area (Å²) >= 11 is 0. The van der Waals surface area contributed by atoms with Crippen LogP contribution in [0, 0.1) is 10.1 Å². The van der Waals surface area contributed by atoms with Crippen LogP contribution in [0.2, 0.25) is 0 Å². The highest BCUT2D eigenvalue weighted by atomic mass is 16.6. The fourth-order valence-corrected chi connectivity index (χ4v) is 2.24. The summed E-state index contributed by atoms with van der Waals surface area (Å²) in [4.78, 5) is 22.5. The molecule has 2 rings (SSSR count). The number of nitrogens with zero attached hydrogens (tertiary/aromatic N) is 1. The second kappa shape index (κ2) is 7.96. The van der Waals surface area contributed by atoms with E-state index in [9.17, 15) is 14.9 Å². The van der Waals surface area contributed by atoms with E-state index in [0.29, 0.717) is 22.8 Å². The summed E-state index contributed by atoms with van der Waals surface area (Å²) < 4.78 is 15.7. The normalized spacial score (nSPS) is 10.5. The molecule has 25 heavy (non-hydrogen) atoms. The first-order chi connectivity index (χ1) is 12.0. The van der Waals surface area contributed by atoms with E-state index in [4.69, 9.17) is 14.2 Å². The van der Waals surface area contributed by atoms with Gasteiger partial charge in [-0.2, -0.15) is 0 Å². The first kappa shape index (κ1) is 18.0. The highest BCUT2D eigenvalue weighted by molar-refractivity contribution is 6.07. The summed E-state index contributed by atoms with van der Waals surface area (Å²) in [6.07, 6.45) is 2.91. The Bertz CT molecular complexity index is 803. The molecule has 0 aliphatic rings. The van der Waals surface area contributed by atoms with Gasteiger partial charge in [-0.15, -0.1) is 0 Å². The molecular weight excluding hydrogens is 326 g/mol. The minimum absolute atomic E-state index is 0.132. The number of nitro groups is 1. The third-order valence-corrected chi connectivity index (χ3v) is 3.46. The van der Waals surface area contributed by atoms with E-state index in [-0.39, 0.29) is 17.0 Å². The summed E-state index contributed by atoms with van der Waals surface area (Å²) in [6, 6.07) is 8.95. The molecule has 0 bridgehead atoms. The molecule has 0 saturated carbocycles. The minimum atomic E-state index is -0.542. The number of ketones is 1. The molecule has 0 aliphatic carbocycles. The van der Waals surface area contributed by atoms with Crippen LogP contribution in [0.4, 0.5) is 5.69 Å². The minimum Gasteiger partial charge on any atom is -0.493 e. The molecule has 0 amide bonds. The quantitative estimate of drug-likeness (QED) is 0.331. The maximum Gasteiger partial charge on any atom is 0.270 e. The van der Waals surface area contributed by atoms with E-state index < -0.39 is 4.92 Å². The Hall–Kier alpha value is -3.35. The number of non-ortho nitro benzene ring substituents is 1. The Labute approximate surface area is 144 Å². The van der Waals surface area contributed by atoms with Gasteiger partial charge in [0.15, 0.2) is 17.3 Å². The van der Waals surface area contributed by atoms with Crippen molar-refractivity contribution in [1.29, 1.82) is 0 Å². The average Bonchev–Trinajstić information content (AvgIpc) is 2.64. The first-order valence-corrected chi connectivity index (χ1v) is 7.27. The van der Waals surface area contributed by atoms with Crippen molar-refractivity contribution in [1.82, 2.24) is 0 Å². The van der Waals surface area contributed by atoms with Gasteiger partial charge >= 0.3 is 0 Å². The van der Waals surface area contributed by atoms with Gasteiger partial charge < -0.3 is 14.2 Å². The number of benzene rings is 2. The Morgan fingerprint density at radius 1 is 1.04 bits per heavy atom. The van der Waals surface area contributed by atoms with Crippen molar-refractivity contribution >= 4 is 17.5 Å². The van der Waals surface area contributed by atoms with Gasteiger partial charge in [-0.25, -0.2) is 0 Å². The molecule has 7 heteroatoms. The van der Waals surface area contributed by atoms with Crippen molar-refractivity contribution in [2.24, 2.45) is 0 Å². The average molecular weight is 343 g/mol. The van der Waals surface area contributed by atoms with Crippen molar-refractivity contribution in [3.05, 3.63) is 63.7 Å². The number of hydrogen-bond acceptors (Lipinski definition) is 6. The molecule has 0 heterocycles. The van der Waals surface area contributed by atoms with Gasteiger partial charge in [-0.1, -0.05) is 18.2 Å². The molecule has 130 valence electrons. The van der Waals surface area contributed by atoms with Crippen LogP contribution in [0.25, 0.3) is 6.08 Å². The number of methoxy groups -OCH3 is 3. The van der Waals surface area contributed by atoms with Crippen LogP contribution in [0.5, 0.6) is 17.2 Å². The third-order valence-electron chi connectivity index (χ3n) is 3.46. The molecule has 0 fully saturated rings. The lowest BCUT2D eigenvalue weighted by Crippen LogP contribution is -1.97. The van der Waals surface area contributed by atoms with Crippen LogP contribution in [0.15, 0.2) is 42.5 Å². The molecule has 0 N–H and O–H groups in total. The number of nitro benzene ring substituents is 1. The van der Waals surface area contributed by atoms with Gasteiger partial charge in [0, 0.05) is 17.7 Å². The predicted octanol–water partition coefficient (Wildman–Crippen LogP) is 3.52. The van der Waals surface area contributed by atoms with Crippen LogP contribution in [-0.2, 0) is 0 Å². The monoisotopic (exact) mass is 343 g/mol. The van der Waals surface area contributed by atoms with Gasteiger partial charge in [0.05, 0.1) is 26.3 Å². The Morgan fingerprint density at radius 2 is 1.68 bits per heavy atom. The Balaban J connectivity index is 2.31. The van der Waals surface area contributed by atoms with Gasteiger partial charge in [0.1, 0.15) is 0 Å². The number of allylic oxidation sites excluding steroid dienone is 1. The lowest BCUT2D eigenvalue weighted by molar-refractivity contribution is -0.384. The van der Waals surface area contributed by atoms with Crippen molar-refractivity contribution < 1.29 is 23.9 Å². The lowest BCUT2D eigenvalue weighted by Gasteiger charge is -2.12. The SMILES string of the molecule is COc1cc(/C=C/C(=O)c2cccc([N+](=O)[O-])c2)cc(OC)c1OC. The van der Waals surface area contributed by atoms with E-state index in [2.05, 4.69) is 0 Å². The highest BCUT2D eigenvalue weighted by Crippen LogP contribution is 2.38. The third kappa shape index (κ3) is 4.14. The standard InChI is InChI=1S/C18H17NO6/c1-23-16-9-12(10-17(24-2)18(16)25-3)7-8-15(20)13-5-4-6-14(11-13)19(21)22/h4-11H,1-3H3/b8-7+. The maximum atomic E-state index is 12.2. The zero-order valence-corrected chi connectivity index (χ0v) is 14.0. The summed E-state index contributed by atoms with van der Waals surface area (Å²) in [6.45, 7) is 0. The van der Waals surface area contributed by atoms with Crippen LogP contribution >= 0.6 is 0 Å². The van der Waals surface area contributed by atoms with Crippen molar-refractivity contribution in [2.75, 3.05) is 21.3 Å². The fraction of sp³-hybridized carbons (Fsp3) is 0.167. The number of ether oxygens (including phenoxy) is 3. The van der Waals surface area contributed by atoms with Crippen LogP contribution < -0.4 is 14.2 Å². The lowest BCUT2D eigenvalue weighted by atomic mass is 10.1. The number of carbonyl (C=O) groups is 1. The highest BCUT2D eigenvalue weighted by Gasteiger charge is 2.13. The molecule has 7 nitrogen and oxygen atoms in total. The second-order valence-corrected chi connectivity index (χ2v) is 4.96. The number of carbonyl (C=O) groups excluding carboxylic acids is 1. The fourth-order valence-electron chi connectivity index (χ4n) is 2.24. The van der Waals surface area contributed by atoms with Gasteiger partial charge in [0.2, 0.25) is 5.75 Å². The van der Waals surface area contributed by atoms with E-state index >= 15 is 0 Å². The summed E-state index contributed by atoms with van der Waals surface area (Å²) in [5.41, 5.74) is 0.762. The summed E-state index contributed by atoms with van der Waals surface area (Å²) in [5, 5.41) is 10.8. The van der Waals surface area contributed by atoms with Crippen LogP contribution in [-0.4, -0.2) is 32.0 Å². The molecule has 2 aromatic rings. The molecule has 0 atom stereocenters. The predicted molar refractivity (Wildman–Crippen MR) is 92.6 cm³/mol. The molecule has 2 aromatic carbocycles. The zero-order valence-electron chi connectivity index (χ0n) is 14.0. The van der Waals surface area contributed by atoms with Crippen LogP contribution in [0.3, 0.4) is 0 Å². The topological polar surface area (TPSA) is 87.9 Å². The maximum absolute atomic E-state index is 12.2. The van der Waals surface area contributed by atoms with E-state index in [1.807, 2.05) is 0 Å². The molecular formula is C18H17NO6. The molecule has 0 aromatic heterocycles. The number of rotatable bonds is 7. The molecule has 0 spiro atoms. The van der Waals surface area contributed by atoms with E-state index in [1.54, 1.807) is 18.2 Å². The van der Waals surface area contributed by atoms with Crippen LogP contribution in [0.1, 0.15) is 15.9 Å². The summed E-state index contributed by atoms with van der Waals surface area (Å²) in [7, 11) is 4.50. The van der Waals surface area contributed by atoms with Crippen molar-refractivity contribution in [2.45, 2.75) is 0 Å². The number of hydrogen-bond donors (Lipinski definition) is 0. The van der Waals surface area contributed by atoms with Crippen molar-refractivity contribution in [3.63, 3.8) is 0 Å². The zero-order chi connectivity index (χ0) is 18.4. The van der Waals surface area contributed by atoms with Crippen molar-refractivity contribution in [3.8, 4) is 17.2 Å².